The first-order valence-corrected chi connectivity index (χ1v) is 14.3. The number of nitrogens with one attached hydrogen (secondary N) is 3. The maximum atomic E-state index is 11.7. The number of sulfonamides is 1. The standard InChI is InChI=1S/C25H32ClN7O3S/c1-32-12-14-33(15-13-32)11-6-16-36-20-8-5-7-19(17-20)28-25-27-18-21(26)24(30-25)29-22-9-3-4-10-23(22)31-37(2,34)35/h3-5,7-10,17-18,31H,6,11-16H2,1-2H3,(H2,27,28,29,30). The molecule has 37 heavy (non-hydrogen) atoms. The van der Waals surface area contributed by atoms with Crippen molar-refractivity contribution in [2.24, 2.45) is 0 Å². The minimum atomic E-state index is -3.46. The third kappa shape index (κ3) is 8.46. The SMILES string of the molecule is CN1CCN(CCCOc2cccc(Nc3ncc(Cl)c(Nc4ccccc4NS(C)(=O)=O)n3)c2)CC1. The molecule has 0 aliphatic carbocycles. The summed E-state index contributed by atoms with van der Waals surface area (Å²) in [6.45, 7) is 6.11. The number of anilines is 5. The summed E-state index contributed by atoms with van der Waals surface area (Å²) in [5.74, 6) is 1.42. The zero-order chi connectivity index (χ0) is 26.3. The Morgan fingerprint density at radius 2 is 1.78 bits per heavy atom. The lowest BCUT2D eigenvalue weighted by Gasteiger charge is -2.32. The predicted molar refractivity (Wildman–Crippen MR) is 149 cm³/mol. The molecule has 1 saturated heterocycles. The summed E-state index contributed by atoms with van der Waals surface area (Å²) in [7, 11) is -1.30. The molecule has 4 rings (SSSR count). The Balaban J connectivity index is 1.36. The number of rotatable bonds is 11. The summed E-state index contributed by atoms with van der Waals surface area (Å²) < 4.78 is 31.9. The van der Waals surface area contributed by atoms with Gasteiger partial charge in [-0.05, 0) is 37.7 Å². The fraction of sp³-hybridized carbons (Fsp3) is 0.360. The van der Waals surface area contributed by atoms with Crippen LogP contribution >= 0.6 is 11.6 Å². The summed E-state index contributed by atoms with van der Waals surface area (Å²) in [5.41, 5.74) is 1.65. The van der Waals surface area contributed by atoms with Gasteiger partial charge in [-0.2, -0.15) is 4.98 Å². The van der Waals surface area contributed by atoms with Gasteiger partial charge < -0.3 is 25.2 Å². The maximum Gasteiger partial charge on any atom is 0.229 e. The Morgan fingerprint density at radius 3 is 2.54 bits per heavy atom. The van der Waals surface area contributed by atoms with Crippen molar-refractivity contribution < 1.29 is 13.2 Å². The molecule has 1 aliphatic rings. The highest BCUT2D eigenvalue weighted by molar-refractivity contribution is 7.92. The van der Waals surface area contributed by atoms with Crippen molar-refractivity contribution >= 4 is 50.5 Å². The minimum Gasteiger partial charge on any atom is -0.493 e. The lowest BCUT2D eigenvalue weighted by Crippen LogP contribution is -2.44. The average molecular weight is 546 g/mol. The van der Waals surface area contributed by atoms with Crippen molar-refractivity contribution in [3.05, 3.63) is 59.8 Å². The van der Waals surface area contributed by atoms with Gasteiger partial charge in [-0.25, -0.2) is 13.4 Å². The number of halogens is 1. The van der Waals surface area contributed by atoms with Crippen LogP contribution in [0.3, 0.4) is 0 Å². The van der Waals surface area contributed by atoms with E-state index >= 15 is 0 Å². The van der Waals surface area contributed by atoms with Crippen molar-refractivity contribution in [3.8, 4) is 5.75 Å². The van der Waals surface area contributed by atoms with E-state index in [4.69, 9.17) is 16.3 Å². The Morgan fingerprint density at radius 1 is 1.03 bits per heavy atom. The summed E-state index contributed by atoms with van der Waals surface area (Å²) in [5, 5.41) is 6.54. The topological polar surface area (TPSA) is 112 Å². The Hall–Kier alpha value is -3.12. The van der Waals surface area contributed by atoms with E-state index in [0.717, 1.165) is 56.8 Å². The third-order valence-electron chi connectivity index (χ3n) is 5.79. The number of para-hydroxylation sites is 2. The number of aromatic nitrogens is 2. The van der Waals surface area contributed by atoms with Gasteiger partial charge >= 0.3 is 0 Å². The van der Waals surface area contributed by atoms with Crippen molar-refractivity contribution in [1.82, 2.24) is 19.8 Å². The van der Waals surface area contributed by atoms with E-state index in [2.05, 4.69) is 42.2 Å². The highest BCUT2D eigenvalue weighted by Crippen LogP contribution is 2.30. The molecule has 2 aromatic carbocycles. The maximum absolute atomic E-state index is 11.7. The second-order valence-electron chi connectivity index (χ2n) is 8.93. The Bertz CT molecular complexity index is 1300. The normalized spacial score (nSPS) is 14.8. The molecule has 10 nitrogen and oxygen atoms in total. The lowest BCUT2D eigenvalue weighted by atomic mass is 10.2. The highest BCUT2D eigenvalue weighted by Gasteiger charge is 2.13. The van der Waals surface area contributed by atoms with Crippen molar-refractivity contribution in [3.63, 3.8) is 0 Å². The lowest BCUT2D eigenvalue weighted by molar-refractivity contribution is 0.145. The quantitative estimate of drug-likeness (QED) is 0.308. The molecule has 1 fully saturated rings. The van der Waals surface area contributed by atoms with E-state index in [1.807, 2.05) is 24.3 Å². The van der Waals surface area contributed by atoms with Crippen molar-refractivity contribution in [2.45, 2.75) is 6.42 Å². The van der Waals surface area contributed by atoms with Gasteiger partial charge in [-0.3, -0.25) is 4.72 Å². The molecular formula is C25H32ClN7O3S. The van der Waals surface area contributed by atoms with Gasteiger partial charge in [-0.15, -0.1) is 0 Å². The van der Waals surface area contributed by atoms with Crippen LogP contribution in [0.1, 0.15) is 6.42 Å². The first-order valence-electron chi connectivity index (χ1n) is 12.0. The Kier molecular flexibility index (Phi) is 9.04. The van der Waals surface area contributed by atoms with Crippen LogP contribution in [0.4, 0.5) is 28.8 Å². The van der Waals surface area contributed by atoms with Crippen LogP contribution in [0.2, 0.25) is 5.02 Å². The highest BCUT2D eigenvalue weighted by atomic mass is 35.5. The molecule has 0 saturated carbocycles. The van der Waals surface area contributed by atoms with Crippen molar-refractivity contribution in [2.75, 3.05) is 68.0 Å². The molecule has 3 aromatic rings. The number of ether oxygens (including phenoxy) is 1. The number of likely N-dealkylation sites (N-methyl/N-ethyl adjacent to an activating group) is 1. The summed E-state index contributed by atoms with van der Waals surface area (Å²) in [6.07, 6.45) is 3.53. The third-order valence-corrected chi connectivity index (χ3v) is 6.66. The van der Waals surface area contributed by atoms with Gasteiger partial charge in [0, 0.05) is 44.5 Å². The number of hydrogen-bond donors (Lipinski definition) is 3. The van der Waals surface area contributed by atoms with Crippen LogP contribution in [-0.2, 0) is 10.0 Å². The van der Waals surface area contributed by atoms with Crippen LogP contribution in [0.25, 0.3) is 0 Å². The number of nitrogens with zero attached hydrogens (tertiary/aromatic N) is 4. The molecule has 2 heterocycles. The van der Waals surface area contributed by atoms with E-state index in [9.17, 15) is 8.42 Å². The van der Waals surface area contributed by atoms with Crippen LogP contribution in [-0.4, -0.2) is 80.8 Å². The molecular weight excluding hydrogens is 514 g/mol. The predicted octanol–water partition coefficient (Wildman–Crippen LogP) is 4.01. The van der Waals surface area contributed by atoms with Gasteiger partial charge in [0.05, 0.1) is 30.4 Å². The number of piperazine rings is 1. The van der Waals surface area contributed by atoms with E-state index < -0.39 is 10.0 Å². The van der Waals surface area contributed by atoms with Crippen LogP contribution in [0, 0.1) is 0 Å². The molecule has 0 bridgehead atoms. The molecule has 1 aromatic heterocycles. The molecule has 198 valence electrons. The molecule has 3 N–H and O–H groups in total. The summed E-state index contributed by atoms with van der Waals surface area (Å²) in [6, 6.07) is 14.5. The second kappa shape index (κ2) is 12.4. The number of benzene rings is 2. The van der Waals surface area contributed by atoms with Gasteiger partial charge in [-0.1, -0.05) is 29.8 Å². The molecule has 0 radical (unpaired) electrons. The molecule has 0 unspecified atom stereocenters. The second-order valence-corrected chi connectivity index (χ2v) is 11.1. The van der Waals surface area contributed by atoms with Gasteiger partial charge in [0.2, 0.25) is 16.0 Å². The van der Waals surface area contributed by atoms with Gasteiger partial charge in [0.15, 0.2) is 5.82 Å². The molecule has 0 spiro atoms. The van der Waals surface area contributed by atoms with E-state index in [1.165, 1.54) is 6.20 Å². The van der Waals surface area contributed by atoms with Crippen molar-refractivity contribution in [1.29, 1.82) is 0 Å². The van der Waals surface area contributed by atoms with E-state index in [1.54, 1.807) is 24.3 Å². The number of hydrogen-bond acceptors (Lipinski definition) is 9. The fourth-order valence-electron chi connectivity index (χ4n) is 3.87. The molecule has 1 aliphatic heterocycles. The average Bonchev–Trinajstić information content (AvgIpc) is 2.86. The minimum absolute atomic E-state index is 0.289. The zero-order valence-electron chi connectivity index (χ0n) is 20.9. The smallest absolute Gasteiger partial charge is 0.229 e. The largest absolute Gasteiger partial charge is 0.493 e. The van der Waals surface area contributed by atoms with Crippen LogP contribution < -0.4 is 20.1 Å². The summed E-state index contributed by atoms with van der Waals surface area (Å²) >= 11 is 6.31. The van der Waals surface area contributed by atoms with Crippen LogP contribution in [0.5, 0.6) is 5.75 Å². The van der Waals surface area contributed by atoms with Gasteiger partial charge in [0.1, 0.15) is 10.8 Å². The Labute approximate surface area is 223 Å². The van der Waals surface area contributed by atoms with E-state index in [-0.39, 0.29) is 5.02 Å². The van der Waals surface area contributed by atoms with Gasteiger partial charge in [0.25, 0.3) is 0 Å². The molecule has 12 heteroatoms. The zero-order valence-corrected chi connectivity index (χ0v) is 22.5. The summed E-state index contributed by atoms with van der Waals surface area (Å²) in [4.78, 5) is 13.6. The van der Waals surface area contributed by atoms with Crippen LogP contribution in [0.15, 0.2) is 54.7 Å². The fourth-order valence-corrected chi connectivity index (χ4v) is 4.58. The molecule has 0 amide bonds. The monoisotopic (exact) mass is 545 g/mol. The first-order chi connectivity index (χ1) is 17.7. The molecule has 0 atom stereocenters. The first kappa shape index (κ1) is 26.9. The van der Waals surface area contributed by atoms with E-state index in [0.29, 0.717) is 29.7 Å².